The van der Waals surface area contributed by atoms with Gasteiger partial charge in [-0.1, -0.05) is 11.8 Å². The fourth-order valence-electron chi connectivity index (χ4n) is 3.47. The molecule has 2 aromatic heterocycles. The quantitative estimate of drug-likeness (QED) is 0.709. The van der Waals surface area contributed by atoms with Crippen LogP contribution in [-0.2, 0) is 0 Å². The van der Waals surface area contributed by atoms with Crippen LogP contribution in [0.1, 0.15) is 30.3 Å². The van der Waals surface area contributed by atoms with E-state index in [0.29, 0.717) is 11.4 Å². The lowest BCUT2D eigenvalue weighted by Gasteiger charge is -2.40. The molecule has 0 aromatic carbocycles. The number of fused-ring (bicyclic) bond motifs is 1. The van der Waals surface area contributed by atoms with Gasteiger partial charge in [0.25, 0.3) is 5.91 Å². The molecule has 2 aliphatic rings. The molecule has 1 saturated heterocycles. The molecule has 9 nitrogen and oxygen atoms in total. The topological polar surface area (TPSA) is 130 Å². The zero-order valence-electron chi connectivity index (χ0n) is 16.0. The first-order chi connectivity index (χ1) is 13.3. The third kappa shape index (κ3) is 3.57. The second-order valence-electron chi connectivity index (χ2n) is 7.57. The molecule has 0 bridgehead atoms. The van der Waals surface area contributed by atoms with E-state index >= 15 is 0 Å². The predicted molar refractivity (Wildman–Crippen MR) is 109 cm³/mol. The van der Waals surface area contributed by atoms with Crippen molar-refractivity contribution >= 4 is 35.0 Å². The Morgan fingerprint density at radius 3 is 2.82 bits per heavy atom. The summed E-state index contributed by atoms with van der Waals surface area (Å²) in [5.74, 6) is 1.18. The maximum Gasteiger partial charge on any atom is 0.268 e. The van der Waals surface area contributed by atoms with Crippen LogP contribution in [0.25, 0.3) is 0 Å². The number of anilines is 1. The number of likely N-dealkylation sites (tertiary alicyclic amines) is 1. The summed E-state index contributed by atoms with van der Waals surface area (Å²) in [6.07, 6.45) is 3.45. The van der Waals surface area contributed by atoms with Crippen molar-refractivity contribution in [2.45, 2.75) is 35.2 Å². The number of nitrogens with zero attached hydrogens (tertiary/aromatic N) is 5. The summed E-state index contributed by atoms with van der Waals surface area (Å²) in [6, 6.07) is 3.59. The average Bonchev–Trinajstić information content (AvgIpc) is 3.05. The van der Waals surface area contributed by atoms with Crippen molar-refractivity contribution in [2.24, 2.45) is 16.5 Å². The maximum absolute atomic E-state index is 11.6. The molecule has 0 spiro atoms. The molecule has 1 fully saturated rings. The molecule has 2 aromatic rings. The van der Waals surface area contributed by atoms with E-state index in [2.05, 4.69) is 31.9 Å². The van der Waals surface area contributed by atoms with Gasteiger partial charge in [-0.05, 0) is 31.9 Å². The Labute approximate surface area is 167 Å². The Morgan fingerprint density at radius 1 is 1.36 bits per heavy atom. The SMILES string of the molecule is CN1CC(N2CCC(C)(N)CC2)=Nc2[nH]nc(Sc3cccnc3C(N)=O)c21. The third-order valence-electron chi connectivity index (χ3n) is 5.17. The van der Waals surface area contributed by atoms with E-state index < -0.39 is 5.91 Å². The highest BCUT2D eigenvalue weighted by Crippen LogP contribution is 2.41. The Kier molecular flexibility index (Phi) is 4.76. The molecule has 28 heavy (non-hydrogen) atoms. The van der Waals surface area contributed by atoms with E-state index in [9.17, 15) is 4.79 Å². The van der Waals surface area contributed by atoms with Gasteiger partial charge in [0.05, 0.1) is 6.54 Å². The van der Waals surface area contributed by atoms with Crippen LogP contribution in [0.2, 0.25) is 0 Å². The standard InChI is InChI=1S/C18H24N8OS/c1-18(20)5-8-26(9-6-18)12-10-25(2)14-16(22-12)23-24-17(14)28-11-4-3-7-21-13(11)15(19)27/h3-4,7H,5-6,8-10,20H2,1-2H3,(H2,19,27)(H,23,24). The highest BCUT2D eigenvalue weighted by atomic mass is 32.2. The van der Waals surface area contributed by atoms with Gasteiger partial charge in [0.2, 0.25) is 0 Å². The highest BCUT2D eigenvalue weighted by Gasteiger charge is 2.31. The number of nitrogens with one attached hydrogen (secondary N) is 1. The van der Waals surface area contributed by atoms with E-state index in [1.54, 1.807) is 12.3 Å². The van der Waals surface area contributed by atoms with Gasteiger partial charge in [-0.2, -0.15) is 5.10 Å². The summed E-state index contributed by atoms with van der Waals surface area (Å²) in [6.45, 7) is 4.61. The molecule has 0 atom stereocenters. The van der Waals surface area contributed by atoms with Gasteiger partial charge >= 0.3 is 0 Å². The van der Waals surface area contributed by atoms with Crippen LogP contribution >= 0.6 is 11.8 Å². The summed E-state index contributed by atoms with van der Waals surface area (Å²) >= 11 is 1.36. The summed E-state index contributed by atoms with van der Waals surface area (Å²) in [5.41, 5.74) is 12.7. The number of carbonyl (C=O) groups excluding carboxylic acids is 1. The molecule has 4 heterocycles. The van der Waals surface area contributed by atoms with Crippen LogP contribution in [0.15, 0.2) is 33.2 Å². The molecular weight excluding hydrogens is 376 g/mol. The molecule has 1 amide bonds. The number of aliphatic imine (C=N–C) groups is 1. The summed E-state index contributed by atoms with van der Waals surface area (Å²) in [7, 11) is 2.02. The number of aromatic amines is 1. The van der Waals surface area contributed by atoms with Crippen LogP contribution in [0.5, 0.6) is 0 Å². The van der Waals surface area contributed by atoms with Crippen LogP contribution in [0, 0.1) is 0 Å². The lowest BCUT2D eigenvalue weighted by molar-refractivity contribution is 0.0992. The minimum atomic E-state index is -0.557. The number of amidine groups is 1. The van der Waals surface area contributed by atoms with E-state index in [-0.39, 0.29) is 11.2 Å². The number of nitrogens with two attached hydrogens (primary N) is 2. The Hall–Kier alpha value is -2.59. The number of piperidine rings is 1. The number of amides is 1. The molecule has 148 valence electrons. The number of aromatic nitrogens is 3. The fraction of sp³-hybridized carbons (Fsp3) is 0.444. The molecule has 5 N–H and O–H groups in total. The molecule has 0 unspecified atom stereocenters. The van der Waals surface area contributed by atoms with Crippen LogP contribution < -0.4 is 16.4 Å². The van der Waals surface area contributed by atoms with Gasteiger partial charge in [-0.3, -0.25) is 9.89 Å². The third-order valence-corrected chi connectivity index (χ3v) is 6.20. The largest absolute Gasteiger partial charge is 0.364 e. The Morgan fingerprint density at radius 2 is 2.11 bits per heavy atom. The molecule has 0 aliphatic carbocycles. The molecule has 0 saturated carbocycles. The normalized spacial score (nSPS) is 18.6. The highest BCUT2D eigenvalue weighted by molar-refractivity contribution is 7.99. The lowest BCUT2D eigenvalue weighted by atomic mass is 9.91. The second kappa shape index (κ2) is 7.10. The van der Waals surface area contributed by atoms with Crippen molar-refractivity contribution in [3.05, 3.63) is 24.0 Å². The number of H-pyrrole nitrogens is 1. The smallest absolute Gasteiger partial charge is 0.268 e. The first kappa shape index (κ1) is 18.8. The minimum Gasteiger partial charge on any atom is -0.364 e. The van der Waals surface area contributed by atoms with Gasteiger partial charge in [0.1, 0.15) is 22.2 Å². The number of primary amides is 1. The zero-order chi connectivity index (χ0) is 19.9. The van der Waals surface area contributed by atoms with Crippen molar-refractivity contribution < 1.29 is 4.79 Å². The van der Waals surface area contributed by atoms with Gasteiger partial charge in [0, 0.05) is 36.8 Å². The summed E-state index contributed by atoms with van der Waals surface area (Å²) in [4.78, 5) is 25.6. The molecule has 2 aliphatic heterocycles. The Bertz CT molecular complexity index is 927. The van der Waals surface area contributed by atoms with Crippen molar-refractivity contribution in [1.29, 1.82) is 0 Å². The summed E-state index contributed by atoms with van der Waals surface area (Å²) < 4.78 is 0. The van der Waals surface area contributed by atoms with E-state index in [1.165, 1.54) is 11.8 Å². The van der Waals surface area contributed by atoms with E-state index in [1.807, 2.05) is 13.1 Å². The van der Waals surface area contributed by atoms with Crippen LogP contribution in [0.4, 0.5) is 11.5 Å². The number of pyridine rings is 1. The number of hydrogen-bond acceptors (Lipinski definition) is 8. The van der Waals surface area contributed by atoms with Crippen LogP contribution in [0.3, 0.4) is 0 Å². The number of likely N-dealkylation sites (N-methyl/N-ethyl adjacent to an activating group) is 1. The zero-order valence-corrected chi connectivity index (χ0v) is 16.8. The maximum atomic E-state index is 11.6. The number of hydrogen-bond donors (Lipinski definition) is 3. The van der Waals surface area contributed by atoms with Crippen molar-refractivity contribution in [2.75, 3.05) is 31.6 Å². The summed E-state index contributed by atoms with van der Waals surface area (Å²) in [5, 5.41) is 8.18. The first-order valence-electron chi connectivity index (χ1n) is 9.18. The molecular formula is C18H24N8OS. The second-order valence-corrected chi connectivity index (χ2v) is 8.60. The fourth-order valence-corrected chi connectivity index (χ4v) is 4.51. The Balaban J connectivity index is 1.59. The van der Waals surface area contributed by atoms with Crippen LogP contribution in [-0.4, -0.2) is 64.0 Å². The van der Waals surface area contributed by atoms with E-state index in [4.69, 9.17) is 16.5 Å². The molecule has 0 radical (unpaired) electrons. The monoisotopic (exact) mass is 400 g/mol. The number of carbonyl (C=O) groups is 1. The van der Waals surface area contributed by atoms with Crippen molar-refractivity contribution in [3.8, 4) is 0 Å². The van der Waals surface area contributed by atoms with Crippen molar-refractivity contribution in [3.63, 3.8) is 0 Å². The van der Waals surface area contributed by atoms with Gasteiger partial charge in [-0.25, -0.2) is 9.98 Å². The molecule has 10 heteroatoms. The number of rotatable bonds is 3. The minimum absolute atomic E-state index is 0.0948. The average molecular weight is 401 g/mol. The van der Waals surface area contributed by atoms with E-state index in [0.717, 1.165) is 48.3 Å². The lowest BCUT2D eigenvalue weighted by Crippen LogP contribution is -2.52. The van der Waals surface area contributed by atoms with Gasteiger partial charge in [-0.15, -0.1) is 0 Å². The van der Waals surface area contributed by atoms with Gasteiger partial charge < -0.3 is 21.3 Å². The van der Waals surface area contributed by atoms with Gasteiger partial charge in [0.15, 0.2) is 5.82 Å². The predicted octanol–water partition coefficient (Wildman–Crippen LogP) is 1.35. The van der Waals surface area contributed by atoms with Crippen molar-refractivity contribution in [1.82, 2.24) is 20.1 Å². The first-order valence-corrected chi connectivity index (χ1v) is 9.99. The molecule has 4 rings (SSSR count).